The zero-order chi connectivity index (χ0) is 13.7. The molecule has 96 valence electrons. The lowest BCUT2D eigenvalue weighted by atomic mass is 10.3. The lowest BCUT2D eigenvalue weighted by Crippen LogP contribution is -2.18. The fourth-order valence-corrected chi connectivity index (χ4v) is 1.56. The van der Waals surface area contributed by atoms with Crippen molar-refractivity contribution >= 4 is 5.95 Å². The fourth-order valence-electron chi connectivity index (χ4n) is 1.56. The molecule has 0 aliphatic carbocycles. The van der Waals surface area contributed by atoms with Gasteiger partial charge in [-0.25, -0.2) is 9.88 Å². The van der Waals surface area contributed by atoms with Crippen molar-refractivity contribution in [2.24, 2.45) is 0 Å². The van der Waals surface area contributed by atoms with Crippen molar-refractivity contribution in [3.8, 4) is 17.8 Å². The summed E-state index contributed by atoms with van der Waals surface area (Å²) in [5, 5.41) is 9.01. The molecule has 5 nitrogen and oxygen atoms in total. The van der Waals surface area contributed by atoms with E-state index in [1.165, 1.54) is 4.90 Å². The van der Waals surface area contributed by atoms with Gasteiger partial charge in [0, 0.05) is 18.3 Å². The number of nitrogens with zero attached hydrogens (tertiary/aromatic N) is 4. The minimum absolute atomic E-state index is 0.357. The van der Waals surface area contributed by atoms with Gasteiger partial charge in [0.2, 0.25) is 11.8 Å². The average molecular weight is 254 g/mol. The molecule has 19 heavy (non-hydrogen) atoms. The Labute approximate surface area is 112 Å². The molecule has 0 unspecified atom stereocenters. The molecule has 5 heteroatoms. The highest BCUT2D eigenvalue weighted by molar-refractivity contribution is 5.39. The first-order valence-electron chi connectivity index (χ1n) is 5.98. The summed E-state index contributed by atoms with van der Waals surface area (Å²) in [7, 11) is 0. The molecule has 0 aliphatic heterocycles. The van der Waals surface area contributed by atoms with Crippen LogP contribution in [-0.4, -0.2) is 16.5 Å². The van der Waals surface area contributed by atoms with Crippen LogP contribution in [0.15, 0.2) is 36.4 Å². The van der Waals surface area contributed by atoms with Crippen LogP contribution >= 0.6 is 0 Å². The molecule has 0 fully saturated rings. The molecule has 0 atom stereocenters. The molecule has 1 aromatic heterocycles. The Hall–Kier alpha value is -2.61. The number of hydrogen-bond acceptors (Lipinski definition) is 5. The maximum atomic E-state index is 9.01. The van der Waals surface area contributed by atoms with Crippen LogP contribution in [0.25, 0.3) is 0 Å². The third-order valence-corrected chi connectivity index (χ3v) is 2.46. The molecule has 0 bridgehead atoms. The third-order valence-electron chi connectivity index (χ3n) is 2.46. The summed E-state index contributed by atoms with van der Waals surface area (Å²) < 4.78 is 5.65. The average Bonchev–Trinajstić information content (AvgIpc) is 2.40. The van der Waals surface area contributed by atoms with E-state index in [0.717, 1.165) is 5.69 Å². The predicted octanol–water partition coefficient (Wildman–Crippen LogP) is 2.88. The SMILES string of the molecule is CCN(C#N)c1nc(C)cc(Oc2ccccc2)n1. The molecule has 0 amide bonds. The van der Waals surface area contributed by atoms with Gasteiger partial charge in [0.05, 0.1) is 0 Å². The lowest BCUT2D eigenvalue weighted by molar-refractivity contribution is 0.461. The number of benzene rings is 1. The molecular formula is C14H14N4O. The second-order valence-electron chi connectivity index (χ2n) is 3.91. The Balaban J connectivity index is 2.29. The number of aromatic nitrogens is 2. The van der Waals surface area contributed by atoms with E-state index in [-0.39, 0.29) is 0 Å². The normalized spacial score (nSPS) is 9.74. The van der Waals surface area contributed by atoms with Gasteiger partial charge in [-0.2, -0.15) is 10.2 Å². The van der Waals surface area contributed by atoms with E-state index in [1.54, 1.807) is 6.07 Å². The van der Waals surface area contributed by atoms with E-state index in [1.807, 2.05) is 50.4 Å². The highest BCUT2D eigenvalue weighted by Crippen LogP contribution is 2.21. The Bertz CT molecular complexity index is 592. The number of ether oxygens (including phenoxy) is 1. The zero-order valence-electron chi connectivity index (χ0n) is 10.9. The van der Waals surface area contributed by atoms with Crippen LogP contribution in [0.2, 0.25) is 0 Å². The van der Waals surface area contributed by atoms with Crippen LogP contribution in [0.3, 0.4) is 0 Å². The van der Waals surface area contributed by atoms with Crippen LogP contribution in [-0.2, 0) is 0 Å². The fraction of sp³-hybridized carbons (Fsp3) is 0.214. The number of rotatable bonds is 4. The summed E-state index contributed by atoms with van der Waals surface area (Å²) >= 11 is 0. The number of anilines is 1. The number of hydrogen-bond donors (Lipinski definition) is 0. The van der Waals surface area contributed by atoms with Gasteiger partial charge in [0.15, 0.2) is 6.19 Å². The number of para-hydroxylation sites is 1. The van der Waals surface area contributed by atoms with Gasteiger partial charge in [-0.15, -0.1) is 0 Å². The second kappa shape index (κ2) is 5.83. The molecule has 0 N–H and O–H groups in total. The third kappa shape index (κ3) is 3.19. The summed E-state index contributed by atoms with van der Waals surface area (Å²) in [4.78, 5) is 9.88. The summed E-state index contributed by atoms with van der Waals surface area (Å²) in [6, 6.07) is 11.1. The standard InChI is InChI=1S/C14H14N4O/c1-3-18(10-15)14-16-11(2)9-13(17-14)19-12-7-5-4-6-8-12/h4-9H,3H2,1-2H3. The van der Waals surface area contributed by atoms with Crippen LogP contribution in [0, 0.1) is 18.4 Å². The first-order chi connectivity index (χ1) is 9.22. The Morgan fingerprint density at radius 3 is 2.63 bits per heavy atom. The van der Waals surface area contributed by atoms with E-state index < -0.39 is 0 Å². The quantitative estimate of drug-likeness (QED) is 0.620. The van der Waals surface area contributed by atoms with Gasteiger partial charge in [0.1, 0.15) is 5.75 Å². The Morgan fingerprint density at radius 2 is 2.00 bits per heavy atom. The minimum Gasteiger partial charge on any atom is -0.439 e. The highest BCUT2D eigenvalue weighted by Gasteiger charge is 2.10. The van der Waals surface area contributed by atoms with Crippen LogP contribution in [0.5, 0.6) is 11.6 Å². The van der Waals surface area contributed by atoms with Gasteiger partial charge < -0.3 is 4.74 Å². The van der Waals surface area contributed by atoms with Gasteiger partial charge in [-0.3, -0.25) is 0 Å². The first kappa shape index (κ1) is 12.8. The van der Waals surface area contributed by atoms with Crippen molar-refractivity contribution in [3.05, 3.63) is 42.1 Å². The number of aryl methyl sites for hydroxylation is 1. The molecule has 2 rings (SSSR count). The van der Waals surface area contributed by atoms with Crippen LogP contribution in [0.1, 0.15) is 12.6 Å². The molecule has 0 saturated carbocycles. The summed E-state index contributed by atoms with van der Waals surface area (Å²) in [6.07, 6.45) is 2.04. The van der Waals surface area contributed by atoms with E-state index in [4.69, 9.17) is 10.00 Å². The van der Waals surface area contributed by atoms with Crippen molar-refractivity contribution in [3.63, 3.8) is 0 Å². The number of nitriles is 1. The Morgan fingerprint density at radius 1 is 1.26 bits per heavy atom. The summed E-state index contributed by atoms with van der Waals surface area (Å²) in [5.74, 6) is 1.49. The van der Waals surface area contributed by atoms with Crippen molar-refractivity contribution in [2.75, 3.05) is 11.4 Å². The van der Waals surface area contributed by atoms with Crippen LogP contribution in [0.4, 0.5) is 5.95 Å². The molecular weight excluding hydrogens is 240 g/mol. The topological polar surface area (TPSA) is 62.0 Å². The minimum atomic E-state index is 0.357. The lowest BCUT2D eigenvalue weighted by Gasteiger charge is -2.12. The predicted molar refractivity (Wildman–Crippen MR) is 71.9 cm³/mol. The van der Waals surface area contributed by atoms with E-state index in [0.29, 0.717) is 24.1 Å². The van der Waals surface area contributed by atoms with E-state index >= 15 is 0 Å². The van der Waals surface area contributed by atoms with E-state index in [9.17, 15) is 0 Å². The molecule has 0 radical (unpaired) electrons. The summed E-state index contributed by atoms with van der Waals surface area (Å²) in [5.41, 5.74) is 0.754. The first-order valence-corrected chi connectivity index (χ1v) is 5.98. The molecule has 1 heterocycles. The van der Waals surface area contributed by atoms with Gasteiger partial charge in [-0.1, -0.05) is 18.2 Å². The maximum Gasteiger partial charge on any atom is 0.242 e. The largest absolute Gasteiger partial charge is 0.439 e. The molecule has 1 aromatic carbocycles. The molecule has 0 saturated heterocycles. The van der Waals surface area contributed by atoms with Crippen molar-refractivity contribution in [1.82, 2.24) is 9.97 Å². The maximum absolute atomic E-state index is 9.01. The van der Waals surface area contributed by atoms with Gasteiger partial charge >= 0.3 is 0 Å². The van der Waals surface area contributed by atoms with Crippen molar-refractivity contribution in [1.29, 1.82) is 5.26 Å². The summed E-state index contributed by atoms with van der Waals surface area (Å²) in [6.45, 7) is 4.23. The molecule has 2 aromatic rings. The monoisotopic (exact) mass is 254 g/mol. The van der Waals surface area contributed by atoms with Crippen molar-refractivity contribution in [2.45, 2.75) is 13.8 Å². The molecule has 0 spiro atoms. The smallest absolute Gasteiger partial charge is 0.242 e. The van der Waals surface area contributed by atoms with Gasteiger partial charge in [-0.05, 0) is 26.0 Å². The Kier molecular flexibility index (Phi) is 3.94. The van der Waals surface area contributed by atoms with Gasteiger partial charge in [0.25, 0.3) is 0 Å². The van der Waals surface area contributed by atoms with Crippen LogP contribution < -0.4 is 9.64 Å². The zero-order valence-corrected chi connectivity index (χ0v) is 10.9. The second-order valence-corrected chi connectivity index (χ2v) is 3.91. The molecule has 0 aliphatic rings. The van der Waals surface area contributed by atoms with E-state index in [2.05, 4.69) is 9.97 Å². The van der Waals surface area contributed by atoms with Crippen molar-refractivity contribution < 1.29 is 4.74 Å². The highest BCUT2D eigenvalue weighted by atomic mass is 16.5.